The molecular formula is C22H17Cl2F3N2O3. The molecule has 0 saturated carbocycles. The van der Waals surface area contributed by atoms with Gasteiger partial charge in [0, 0.05) is 5.92 Å². The van der Waals surface area contributed by atoms with Crippen LogP contribution in [0.3, 0.4) is 0 Å². The molecule has 32 heavy (non-hydrogen) atoms. The van der Waals surface area contributed by atoms with Crippen LogP contribution in [0.4, 0.5) is 13.2 Å². The third-order valence-corrected chi connectivity index (χ3v) is 4.97. The molecule has 168 valence electrons. The number of hydrogen-bond acceptors (Lipinski definition) is 5. The Labute approximate surface area is 192 Å². The number of aromatic nitrogens is 2. The Bertz CT molecular complexity index is 1090. The molecule has 0 saturated heterocycles. The highest BCUT2D eigenvalue weighted by Gasteiger charge is 2.35. The van der Waals surface area contributed by atoms with Gasteiger partial charge in [0.05, 0.1) is 29.3 Å². The molecule has 0 spiro atoms. The second kappa shape index (κ2) is 10.2. The second-order valence-electron chi connectivity index (χ2n) is 6.63. The lowest BCUT2D eigenvalue weighted by Gasteiger charge is -2.20. The first kappa shape index (κ1) is 23.8. The van der Waals surface area contributed by atoms with Gasteiger partial charge in [0.25, 0.3) is 0 Å². The van der Waals surface area contributed by atoms with E-state index in [4.69, 9.17) is 32.7 Å². The summed E-state index contributed by atoms with van der Waals surface area (Å²) >= 11 is 11.9. The first-order valence-corrected chi connectivity index (χ1v) is 10.2. The zero-order valence-electron chi connectivity index (χ0n) is 16.7. The molecule has 0 aliphatic heterocycles. The average Bonchev–Trinajstić information content (AvgIpc) is 2.74. The molecule has 0 radical (unpaired) electrons. The van der Waals surface area contributed by atoms with Crippen molar-refractivity contribution >= 4 is 29.2 Å². The van der Waals surface area contributed by atoms with Crippen molar-refractivity contribution in [1.29, 1.82) is 0 Å². The first-order valence-electron chi connectivity index (χ1n) is 9.47. The predicted molar refractivity (Wildman–Crippen MR) is 113 cm³/mol. The van der Waals surface area contributed by atoms with E-state index in [1.54, 1.807) is 25.1 Å². The van der Waals surface area contributed by atoms with Crippen molar-refractivity contribution in [1.82, 2.24) is 10.2 Å². The summed E-state index contributed by atoms with van der Waals surface area (Å²) in [5, 5.41) is 8.05. The SMILES string of the molecule is CCOC(=O)CC(c1ccc(C(F)(F)F)c(Oc2ccccc2Cl)c1)c1ccc(Cl)nn1. The monoisotopic (exact) mass is 484 g/mol. The highest BCUT2D eigenvalue weighted by atomic mass is 35.5. The molecule has 5 nitrogen and oxygen atoms in total. The number of rotatable bonds is 7. The first-order chi connectivity index (χ1) is 15.2. The van der Waals surface area contributed by atoms with E-state index in [2.05, 4.69) is 10.2 Å². The van der Waals surface area contributed by atoms with E-state index in [0.29, 0.717) is 11.3 Å². The molecule has 10 heteroatoms. The highest BCUT2D eigenvalue weighted by Crippen LogP contribution is 2.42. The van der Waals surface area contributed by atoms with Crippen LogP contribution >= 0.6 is 23.2 Å². The number of esters is 1. The molecule has 1 atom stereocenters. The minimum atomic E-state index is -4.67. The molecular weight excluding hydrogens is 468 g/mol. The van der Waals surface area contributed by atoms with E-state index in [0.717, 1.165) is 6.07 Å². The fourth-order valence-electron chi connectivity index (χ4n) is 3.01. The van der Waals surface area contributed by atoms with Crippen molar-refractivity contribution in [2.75, 3.05) is 6.61 Å². The van der Waals surface area contributed by atoms with Crippen LogP contribution in [0, 0.1) is 0 Å². The lowest BCUT2D eigenvalue weighted by Crippen LogP contribution is -2.14. The summed E-state index contributed by atoms with van der Waals surface area (Å²) < 4.78 is 51.5. The number of nitrogens with zero attached hydrogens (tertiary/aromatic N) is 2. The Hall–Kier alpha value is -2.84. The molecule has 0 bridgehead atoms. The Morgan fingerprint density at radius 1 is 1.03 bits per heavy atom. The third-order valence-electron chi connectivity index (χ3n) is 4.46. The minimum Gasteiger partial charge on any atom is -0.466 e. The maximum absolute atomic E-state index is 13.6. The summed E-state index contributed by atoms with van der Waals surface area (Å²) in [5.41, 5.74) is -0.297. The van der Waals surface area contributed by atoms with Crippen LogP contribution in [0.1, 0.15) is 36.1 Å². The average molecular weight is 485 g/mol. The summed E-state index contributed by atoms with van der Waals surface area (Å²) in [6, 6.07) is 12.6. The van der Waals surface area contributed by atoms with Gasteiger partial charge in [0.2, 0.25) is 0 Å². The quantitative estimate of drug-likeness (QED) is 0.350. The van der Waals surface area contributed by atoms with E-state index in [9.17, 15) is 18.0 Å². The Kier molecular flexibility index (Phi) is 7.58. The van der Waals surface area contributed by atoms with Gasteiger partial charge in [0.15, 0.2) is 5.15 Å². The third kappa shape index (κ3) is 5.89. The van der Waals surface area contributed by atoms with Crippen LogP contribution in [0.25, 0.3) is 0 Å². The van der Waals surface area contributed by atoms with Crippen molar-refractivity contribution in [3.8, 4) is 11.5 Å². The molecule has 0 aliphatic rings. The van der Waals surface area contributed by atoms with Gasteiger partial charge in [-0.3, -0.25) is 4.79 Å². The van der Waals surface area contributed by atoms with Crippen LogP contribution in [0.15, 0.2) is 54.6 Å². The van der Waals surface area contributed by atoms with Gasteiger partial charge < -0.3 is 9.47 Å². The van der Waals surface area contributed by atoms with Crippen LogP contribution in [0.5, 0.6) is 11.5 Å². The molecule has 1 heterocycles. The molecule has 3 rings (SSSR count). The van der Waals surface area contributed by atoms with Crippen molar-refractivity contribution < 1.29 is 27.4 Å². The Morgan fingerprint density at radius 2 is 1.78 bits per heavy atom. The van der Waals surface area contributed by atoms with E-state index >= 15 is 0 Å². The largest absolute Gasteiger partial charge is 0.466 e. The maximum Gasteiger partial charge on any atom is 0.419 e. The molecule has 1 aromatic heterocycles. The Balaban J connectivity index is 2.08. The van der Waals surface area contributed by atoms with Crippen molar-refractivity contribution in [3.63, 3.8) is 0 Å². The number of hydrogen-bond donors (Lipinski definition) is 0. The Morgan fingerprint density at radius 3 is 2.41 bits per heavy atom. The number of ether oxygens (including phenoxy) is 2. The zero-order valence-corrected chi connectivity index (χ0v) is 18.2. The molecule has 0 N–H and O–H groups in total. The van der Waals surface area contributed by atoms with Crippen LogP contribution in [0.2, 0.25) is 10.2 Å². The lowest BCUT2D eigenvalue weighted by atomic mass is 9.91. The van der Waals surface area contributed by atoms with Gasteiger partial charge in [-0.05, 0) is 48.9 Å². The second-order valence-corrected chi connectivity index (χ2v) is 7.42. The summed E-state index contributed by atoms with van der Waals surface area (Å²) in [6.45, 7) is 1.81. The molecule has 0 aliphatic carbocycles. The smallest absolute Gasteiger partial charge is 0.419 e. The number of para-hydroxylation sites is 1. The predicted octanol–water partition coefficient (Wildman–Crippen LogP) is 6.68. The standard InChI is InChI=1S/C22H17Cl2F3N2O3/c1-2-31-21(30)12-14(17-9-10-20(24)29-28-17)13-7-8-15(22(25,26)27)19(11-13)32-18-6-4-3-5-16(18)23/h3-11,14H,2,12H2,1H3. The van der Waals surface area contributed by atoms with Crippen LogP contribution in [-0.4, -0.2) is 22.8 Å². The lowest BCUT2D eigenvalue weighted by molar-refractivity contribution is -0.143. The van der Waals surface area contributed by atoms with Gasteiger partial charge in [-0.1, -0.05) is 41.4 Å². The van der Waals surface area contributed by atoms with Crippen molar-refractivity contribution in [2.24, 2.45) is 0 Å². The van der Waals surface area contributed by atoms with E-state index in [1.165, 1.54) is 30.3 Å². The number of benzene rings is 2. The summed E-state index contributed by atoms with van der Waals surface area (Å²) in [5.74, 6) is -1.68. The fourth-order valence-corrected chi connectivity index (χ4v) is 3.29. The summed E-state index contributed by atoms with van der Waals surface area (Å²) in [6.07, 6.45) is -4.84. The number of alkyl halides is 3. The zero-order chi connectivity index (χ0) is 23.3. The number of carbonyl (C=O) groups excluding carboxylic acids is 1. The van der Waals surface area contributed by atoms with Gasteiger partial charge in [-0.15, -0.1) is 5.10 Å². The molecule has 2 aromatic carbocycles. The van der Waals surface area contributed by atoms with Crippen molar-refractivity contribution in [2.45, 2.75) is 25.4 Å². The van der Waals surface area contributed by atoms with E-state index in [1.807, 2.05) is 0 Å². The van der Waals surface area contributed by atoms with E-state index < -0.39 is 29.4 Å². The van der Waals surface area contributed by atoms with Gasteiger partial charge in [-0.2, -0.15) is 18.3 Å². The van der Waals surface area contributed by atoms with Crippen molar-refractivity contribution in [3.05, 3.63) is 81.6 Å². The van der Waals surface area contributed by atoms with Gasteiger partial charge in [0.1, 0.15) is 11.5 Å². The van der Waals surface area contributed by atoms with Gasteiger partial charge in [-0.25, -0.2) is 0 Å². The molecule has 0 fully saturated rings. The minimum absolute atomic E-state index is 0.0602. The molecule has 0 amide bonds. The topological polar surface area (TPSA) is 61.3 Å². The normalized spacial score (nSPS) is 12.3. The maximum atomic E-state index is 13.6. The molecule has 1 unspecified atom stereocenters. The highest BCUT2D eigenvalue weighted by molar-refractivity contribution is 6.32. The van der Waals surface area contributed by atoms with E-state index in [-0.39, 0.29) is 29.0 Å². The molecule has 3 aromatic rings. The van der Waals surface area contributed by atoms with Crippen LogP contribution < -0.4 is 4.74 Å². The summed E-state index contributed by atoms with van der Waals surface area (Å²) in [7, 11) is 0. The van der Waals surface area contributed by atoms with Crippen LogP contribution in [-0.2, 0) is 15.7 Å². The van der Waals surface area contributed by atoms with Gasteiger partial charge >= 0.3 is 12.1 Å². The summed E-state index contributed by atoms with van der Waals surface area (Å²) in [4.78, 5) is 12.2. The number of carbonyl (C=O) groups is 1. The fraction of sp³-hybridized carbons (Fsp3) is 0.227. The number of halogens is 5.